The van der Waals surface area contributed by atoms with Crippen LogP contribution in [0.1, 0.15) is 18.6 Å². The van der Waals surface area contributed by atoms with Gasteiger partial charge in [-0.2, -0.15) is 4.98 Å². The van der Waals surface area contributed by atoms with Crippen molar-refractivity contribution >= 4 is 12.0 Å². The minimum Gasteiger partial charge on any atom is -0.480 e. The molecular weight excluding hydrogens is 258 g/mol. The zero-order chi connectivity index (χ0) is 14.4. The van der Waals surface area contributed by atoms with Crippen molar-refractivity contribution < 1.29 is 24.3 Å². The minimum absolute atomic E-state index is 0.0784. The minimum atomic E-state index is -1.40. The van der Waals surface area contributed by atoms with Crippen LogP contribution in [0.25, 0.3) is 0 Å². The molecule has 0 aliphatic heterocycles. The van der Waals surface area contributed by atoms with Crippen LogP contribution in [0.5, 0.6) is 0 Å². The fourth-order valence-corrected chi connectivity index (χ4v) is 1.18. The van der Waals surface area contributed by atoms with Crippen LogP contribution in [0.15, 0.2) is 4.52 Å². The quantitative estimate of drug-likeness (QED) is 0.403. The van der Waals surface area contributed by atoms with Crippen LogP contribution in [0.3, 0.4) is 0 Å². The fourth-order valence-electron chi connectivity index (χ4n) is 1.18. The molecule has 0 aliphatic carbocycles. The molecule has 106 valence electrons. The van der Waals surface area contributed by atoms with Gasteiger partial charge in [0.15, 0.2) is 11.9 Å². The van der Waals surface area contributed by atoms with E-state index in [0.717, 1.165) is 0 Å². The Labute approximate surface area is 108 Å². The van der Waals surface area contributed by atoms with Gasteiger partial charge in [-0.15, -0.1) is 0 Å². The van der Waals surface area contributed by atoms with E-state index in [1.165, 1.54) is 6.92 Å². The molecule has 0 aliphatic rings. The number of carboxylic acid groups (broad SMARTS) is 1. The summed E-state index contributed by atoms with van der Waals surface area (Å²) in [6, 6.07) is -2.18. The van der Waals surface area contributed by atoms with E-state index in [-0.39, 0.29) is 19.0 Å². The maximum absolute atomic E-state index is 11.4. The van der Waals surface area contributed by atoms with E-state index in [2.05, 4.69) is 20.8 Å². The van der Waals surface area contributed by atoms with Gasteiger partial charge in [-0.05, 0) is 6.92 Å². The second kappa shape index (κ2) is 6.66. The molecule has 10 nitrogen and oxygen atoms in total. The number of carboxylic acids is 1. The summed E-state index contributed by atoms with van der Waals surface area (Å²) in [5.74, 6) is -0.905. The first-order valence-corrected chi connectivity index (χ1v) is 5.40. The number of hydrogen-bond donors (Lipinski definition) is 5. The molecule has 0 spiro atoms. The van der Waals surface area contributed by atoms with Crippen LogP contribution in [-0.4, -0.2) is 44.5 Å². The number of carbonyl (C=O) groups excluding carboxylic acids is 1. The second-order valence-electron chi connectivity index (χ2n) is 3.69. The predicted molar refractivity (Wildman–Crippen MR) is 60.7 cm³/mol. The molecule has 1 aromatic heterocycles. The lowest BCUT2D eigenvalue weighted by Crippen LogP contribution is -2.51. The van der Waals surface area contributed by atoms with Crippen molar-refractivity contribution in [1.29, 1.82) is 0 Å². The van der Waals surface area contributed by atoms with Crippen molar-refractivity contribution in [3.8, 4) is 0 Å². The van der Waals surface area contributed by atoms with Gasteiger partial charge in [-0.3, -0.25) is 0 Å². The van der Waals surface area contributed by atoms with E-state index in [1.54, 1.807) is 0 Å². The van der Waals surface area contributed by atoms with Crippen molar-refractivity contribution in [3.05, 3.63) is 11.7 Å². The van der Waals surface area contributed by atoms with Gasteiger partial charge in [0.2, 0.25) is 5.89 Å². The highest BCUT2D eigenvalue weighted by Crippen LogP contribution is 1.96. The van der Waals surface area contributed by atoms with Gasteiger partial charge < -0.3 is 31.1 Å². The average molecular weight is 273 g/mol. The molecule has 19 heavy (non-hydrogen) atoms. The van der Waals surface area contributed by atoms with Crippen molar-refractivity contribution in [2.75, 3.05) is 0 Å². The number of nitrogens with zero attached hydrogens (tertiary/aromatic N) is 2. The van der Waals surface area contributed by atoms with Gasteiger partial charge in [-0.1, -0.05) is 5.16 Å². The van der Waals surface area contributed by atoms with Gasteiger partial charge in [0.05, 0.1) is 19.2 Å². The molecule has 1 rings (SSSR count). The number of amides is 2. The molecule has 0 aromatic carbocycles. The van der Waals surface area contributed by atoms with Gasteiger partial charge >= 0.3 is 12.0 Å². The maximum atomic E-state index is 11.4. The SMILES string of the molecule is CC(O)[C@H](NC(=O)NCc1nc(CN)no1)C(=O)O. The zero-order valence-corrected chi connectivity index (χ0v) is 10.2. The Morgan fingerprint density at radius 1 is 1.53 bits per heavy atom. The number of aliphatic hydroxyl groups excluding tert-OH is 1. The summed E-state index contributed by atoms with van der Waals surface area (Å²) in [5.41, 5.74) is 5.27. The monoisotopic (exact) mass is 273 g/mol. The molecule has 1 heterocycles. The molecule has 2 atom stereocenters. The Bertz CT molecular complexity index is 446. The first-order chi connectivity index (χ1) is 8.93. The van der Waals surface area contributed by atoms with Crippen LogP contribution >= 0.6 is 0 Å². The Balaban J connectivity index is 2.44. The molecule has 0 saturated carbocycles. The van der Waals surface area contributed by atoms with Gasteiger partial charge in [-0.25, -0.2) is 9.59 Å². The normalized spacial score (nSPS) is 13.6. The Kier molecular flexibility index (Phi) is 5.21. The zero-order valence-electron chi connectivity index (χ0n) is 10.2. The summed E-state index contributed by atoms with van der Waals surface area (Å²) >= 11 is 0. The molecular formula is C9H15N5O5. The van der Waals surface area contributed by atoms with Crippen LogP contribution in [0.4, 0.5) is 4.79 Å². The maximum Gasteiger partial charge on any atom is 0.328 e. The average Bonchev–Trinajstić information content (AvgIpc) is 2.80. The summed E-state index contributed by atoms with van der Waals surface area (Å²) in [5, 5.41) is 25.9. The molecule has 0 bridgehead atoms. The van der Waals surface area contributed by atoms with E-state index in [0.29, 0.717) is 5.82 Å². The van der Waals surface area contributed by atoms with Crippen LogP contribution in [-0.2, 0) is 17.9 Å². The number of aliphatic carboxylic acids is 1. The first-order valence-electron chi connectivity index (χ1n) is 5.40. The van der Waals surface area contributed by atoms with E-state index in [9.17, 15) is 14.7 Å². The number of hydrogen-bond acceptors (Lipinski definition) is 7. The highest BCUT2D eigenvalue weighted by atomic mass is 16.5. The highest BCUT2D eigenvalue weighted by molar-refractivity contribution is 5.82. The lowest BCUT2D eigenvalue weighted by Gasteiger charge is -2.16. The summed E-state index contributed by atoms with van der Waals surface area (Å²) in [4.78, 5) is 26.0. The fraction of sp³-hybridized carbons (Fsp3) is 0.556. The number of aliphatic hydroxyl groups is 1. The Morgan fingerprint density at radius 3 is 2.68 bits per heavy atom. The van der Waals surface area contributed by atoms with Crippen LogP contribution in [0.2, 0.25) is 0 Å². The Hall–Kier alpha value is -2.20. The summed E-state index contributed by atoms with van der Waals surface area (Å²) in [6.07, 6.45) is -1.23. The smallest absolute Gasteiger partial charge is 0.328 e. The number of nitrogens with one attached hydrogen (secondary N) is 2. The van der Waals surface area contributed by atoms with Crippen molar-refractivity contribution in [1.82, 2.24) is 20.8 Å². The summed E-state index contributed by atoms with van der Waals surface area (Å²) < 4.78 is 4.76. The van der Waals surface area contributed by atoms with Gasteiger partial charge in [0.25, 0.3) is 0 Å². The molecule has 0 radical (unpaired) electrons. The molecule has 10 heteroatoms. The number of nitrogens with two attached hydrogens (primary N) is 1. The number of urea groups is 1. The lowest BCUT2D eigenvalue weighted by molar-refractivity contribution is -0.141. The van der Waals surface area contributed by atoms with E-state index < -0.39 is 24.1 Å². The molecule has 0 fully saturated rings. The first kappa shape index (κ1) is 14.9. The standard InChI is InChI=1S/C9H15N5O5/c1-4(15)7(8(16)17)13-9(18)11-3-6-12-5(2-10)14-19-6/h4,7,15H,2-3,10H2,1H3,(H,16,17)(H2,11,13,18)/t4?,7-/m0/s1. The van der Waals surface area contributed by atoms with Crippen molar-refractivity contribution in [2.24, 2.45) is 5.73 Å². The van der Waals surface area contributed by atoms with Crippen molar-refractivity contribution in [2.45, 2.75) is 32.2 Å². The Morgan fingerprint density at radius 2 is 2.21 bits per heavy atom. The third kappa shape index (κ3) is 4.52. The second-order valence-corrected chi connectivity index (χ2v) is 3.69. The lowest BCUT2D eigenvalue weighted by atomic mass is 10.2. The summed E-state index contributed by atoms with van der Waals surface area (Å²) in [6.45, 7) is 1.29. The number of carbonyl (C=O) groups is 2. The summed E-state index contributed by atoms with van der Waals surface area (Å²) in [7, 11) is 0. The number of aromatic nitrogens is 2. The molecule has 1 unspecified atom stereocenters. The van der Waals surface area contributed by atoms with Crippen LogP contribution in [0, 0.1) is 0 Å². The van der Waals surface area contributed by atoms with Crippen molar-refractivity contribution in [3.63, 3.8) is 0 Å². The van der Waals surface area contributed by atoms with Crippen LogP contribution < -0.4 is 16.4 Å². The molecule has 1 aromatic rings. The van der Waals surface area contributed by atoms with Gasteiger partial charge in [0, 0.05) is 0 Å². The third-order valence-corrected chi connectivity index (χ3v) is 2.13. The predicted octanol–water partition coefficient (Wildman–Crippen LogP) is -1.84. The van der Waals surface area contributed by atoms with E-state index in [1.807, 2.05) is 0 Å². The molecule has 2 amide bonds. The van der Waals surface area contributed by atoms with E-state index >= 15 is 0 Å². The topological polar surface area (TPSA) is 164 Å². The largest absolute Gasteiger partial charge is 0.480 e. The highest BCUT2D eigenvalue weighted by Gasteiger charge is 2.24. The molecule has 6 N–H and O–H groups in total. The van der Waals surface area contributed by atoms with Gasteiger partial charge in [0.1, 0.15) is 0 Å². The molecule has 0 saturated heterocycles. The number of rotatable bonds is 6. The third-order valence-electron chi connectivity index (χ3n) is 2.13. The van der Waals surface area contributed by atoms with E-state index in [4.69, 9.17) is 15.4 Å².